The second-order valence-corrected chi connectivity index (χ2v) is 7.32. The van der Waals surface area contributed by atoms with Crippen molar-refractivity contribution in [1.29, 1.82) is 0 Å². The Morgan fingerprint density at radius 1 is 1.32 bits per heavy atom. The van der Waals surface area contributed by atoms with Gasteiger partial charge in [0, 0.05) is 0 Å². The summed E-state index contributed by atoms with van der Waals surface area (Å²) in [4.78, 5) is 14.4. The number of anilines is 1. The lowest BCUT2D eigenvalue weighted by atomic mass is 9.88. The Kier molecular flexibility index (Phi) is 4.81. The lowest BCUT2D eigenvalue weighted by Gasteiger charge is -2.41. The second-order valence-electron chi connectivity index (χ2n) is 7.32. The number of aryl methyl sites for hydroxylation is 1. The van der Waals surface area contributed by atoms with Crippen LogP contribution in [0, 0.1) is 5.92 Å². The van der Waals surface area contributed by atoms with E-state index in [1.807, 2.05) is 58.9 Å². The number of rotatable bonds is 2. The van der Waals surface area contributed by atoms with Crippen LogP contribution in [0.2, 0.25) is 0 Å². The van der Waals surface area contributed by atoms with Gasteiger partial charge in [-0.15, -0.1) is 0 Å². The molecular weight excluding hydrogens is 278 g/mol. The molecule has 0 radical (unpaired) electrons. The molecule has 0 saturated heterocycles. The zero-order valence-corrected chi connectivity index (χ0v) is 14.2. The fourth-order valence-electron chi connectivity index (χ4n) is 2.88. The number of fused-ring (bicyclic) bond motifs is 1. The molecule has 0 spiro atoms. The molecule has 1 amide bonds. The molecular formula is C18H27NO3. The zero-order valence-electron chi connectivity index (χ0n) is 14.2. The van der Waals surface area contributed by atoms with Crippen molar-refractivity contribution in [3.63, 3.8) is 0 Å². The van der Waals surface area contributed by atoms with Crippen LogP contribution in [0.3, 0.4) is 0 Å². The number of ether oxygens (including phenoxy) is 1. The molecule has 0 saturated carbocycles. The van der Waals surface area contributed by atoms with Crippen LogP contribution in [0.4, 0.5) is 10.5 Å². The van der Waals surface area contributed by atoms with E-state index >= 15 is 0 Å². The number of benzene rings is 1. The Hall–Kier alpha value is -1.55. The highest BCUT2D eigenvalue weighted by atomic mass is 16.6. The number of para-hydroxylation sites is 1. The van der Waals surface area contributed by atoms with Gasteiger partial charge in [-0.1, -0.05) is 32.0 Å². The SMILES string of the molecule is CC(C)C(O)C1CCc2ccccc2N1C(=O)OC(C)(C)C. The van der Waals surface area contributed by atoms with Crippen LogP contribution < -0.4 is 4.90 Å². The molecule has 2 rings (SSSR count). The van der Waals surface area contributed by atoms with Gasteiger partial charge in [-0.3, -0.25) is 4.90 Å². The van der Waals surface area contributed by atoms with Crippen molar-refractivity contribution in [2.24, 2.45) is 5.92 Å². The van der Waals surface area contributed by atoms with E-state index in [4.69, 9.17) is 4.74 Å². The predicted molar refractivity (Wildman–Crippen MR) is 88.1 cm³/mol. The third-order valence-corrected chi connectivity index (χ3v) is 3.96. The Balaban J connectivity index is 2.38. The van der Waals surface area contributed by atoms with Gasteiger partial charge in [-0.05, 0) is 51.2 Å². The highest BCUT2D eigenvalue weighted by Crippen LogP contribution is 2.34. The van der Waals surface area contributed by atoms with E-state index in [-0.39, 0.29) is 18.1 Å². The predicted octanol–water partition coefficient (Wildman–Crippen LogP) is 3.76. The van der Waals surface area contributed by atoms with Crippen LogP contribution in [0.15, 0.2) is 24.3 Å². The molecule has 2 atom stereocenters. The van der Waals surface area contributed by atoms with Crippen molar-refractivity contribution < 1.29 is 14.6 Å². The first-order chi connectivity index (χ1) is 10.2. The lowest BCUT2D eigenvalue weighted by Crippen LogP contribution is -2.52. The summed E-state index contributed by atoms with van der Waals surface area (Å²) < 4.78 is 5.57. The van der Waals surface area contributed by atoms with Crippen LogP contribution >= 0.6 is 0 Å². The smallest absolute Gasteiger partial charge is 0.415 e. The maximum absolute atomic E-state index is 12.7. The van der Waals surface area contributed by atoms with Gasteiger partial charge >= 0.3 is 6.09 Å². The topological polar surface area (TPSA) is 49.8 Å². The van der Waals surface area contributed by atoms with E-state index in [1.165, 1.54) is 0 Å². The Morgan fingerprint density at radius 3 is 2.55 bits per heavy atom. The van der Waals surface area contributed by atoms with Gasteiger partial charge in [0.25, 0.3) is 0 Å². The lowest BCUT2D eigenvalue weighted by molar-refractivity contribution is 0.0443. The minimum absolute atomic E-state index is 0.0835. The van der Waals surface area contributed by atoms with Crippen molar-refractivity contribution in [2.45, 2.75) is 65.2 Å². The molecule has 0 aliphatic carbocycles. The average Bonchev–Trinajstić information content (AvgIpc) is 2.43. The van der Waals surface area contributed by atoms with E-state index < -0.39 is 11.7 Å². The maximum atomic E-state index is 12.7. The molecule has 122 valence electrons. The molecule has 1 aromatic carbocycles. The molecule has 1 aromatic rings. The van der Waals surface area contributed by atoms with Crippen molar-refractivity contribution in [1.82, 2.24) is 0 Å². The molecule has 4 nitrogen and oxygen atoms in total. The molecule has 1 aliphatic heterocycles. The van der Waals surface area contributed by atoms with Crippen LogP contribution in [0.25, 0.3) is 0 Å². The van der Waals surface area contributed by atoms with E-state index in [0.717, 1.165) is 24.1 Å². The number of carbonyl (C=O) groups excluding carboxylic acids is 1. The first-order valence-corrected chi connectivity index (χ1v) is 7.99. The van der Waals surface area contributed by atoms with Gasteiger partial charge in [0.05, 0.1) is 17.8 Å². The maximum Gasteiger partial charge on any atom is 0.415 e. The molecule has 0 bridgehead atoms. The van der Waals surface area contributed by atoms with Gasteiger partial charge in [0.15, 0.2) is 0 Å². The van der Waals surface area contributed by atoms with Crippen LogP contribution in [-0.4, -0.2) is 28.9 Å². The van der Waals surface area contributed by atoms with Gasteiger partial charge in [-0.25, -0.2) is 4.79 Å². The Morgan fingerprint density at radius 2 is 1.95 bits per heavy atom. The summed E-state index contributed by atoms with van der Waals surface area (Å²) in [5, 5.41) is 10.5. The molecule has 1 aliphatic rings. The highest BCUT2D eigenvalue weighted by Gasteiger charge is 2.38. The third kappa shape index (κ3) is 3.61. The summed E-state index contributed by atoms with van der Waals surface area (Å²) in [7, 11) is 0. The summed E-state index contributed by atoms with van der Waals surface area (Å²) in [6.07, 6.45) is 0.657. The fourth-order valence-corrected chi connectivity index (χ4v) is 2.88. The summed E-state index contributed by atoms with van der Waals surface area (Å²) >= 11 is 0. The minimum atomic E-state index is -0.569. The zero-order chi connectivity index (χ0) is 16.5. The molecule has 1 N–H and O–H groups in total. The van der Waals surface area contributed by atoms with Crippen molar-refractivity contribution >= 4 is 11.8 Å². The van der Waals surface area contributed by atoms with Gasteiger partial charge in [0.2, 0.25) is 0 Å². The molecule has 22 heavy (non-hydrogen) atoms. The van der Waals surface area contributed by atoms with Gasteiger partial charge in [0.1, 0.15) is 5.60 Å². The number of amides is 1. The van der Waals surface area contributed by atoms with Crippen LogP contribution in [0.1, 0.15) is 46.6 Å². The number of nitrogens with zero attached hydrogens (tertiary/aromatic N) is 1. The Bertz CT molecular complexity index is 533. The van der Waals surface area contributed by atoms with E-state index in [9.17, 15) is 9.90 Å². The van der Waals surface area contributed by atoms with Gasteiger partial charge in [-0.2, -0.15) is 0 Å². The van der Waals surface area contributed by atoms with E-state index in [1.54, 1.807) is 4.90 Å². The number of aliphatic hydroxyl groups excluding tert-OH is 1. The summed E-state index contributed by atoms with van der Waals surface area (Å²) in [6, 6.07) is 7.61. The molecule has 0 fully saturated rings. The van der Waals surface area contributed by atoms with E-state index in [2.05, 4.69) is 0 Å². The Labute approximate surface area is 133 Å². The average molecular weight is 305 g/mol. The van der Waals surface area contributed by atoms with E-state index in [0.29, 0.717) is 0 Å². The van der Waals surface area contributed by atoms with Crippen LogP contribution in [0.5, 0.6) is 0 Å². The monoisotopic (exact) mass is 305 g/mol. The second kappa shape index (κ2) is 6.29. The summed E-state index contributed by atoms with van der Waals surface area (Å²) in [5.41, 5.74) is 1.42. The number of carbonyl (C=O) groups is 1. The van der Waals surface area contributed by atoms with Crippen LogP contribution in [-0.2, 0) is 11.2 Å². The molecule has 2 unspecified atom stereocenters. The number of aliphatic hydroxyl groups is 1. The fraction of sp³-hybridized carbons (Fsp3) is 0.611. The molecule has 0 aromatic heterocycles. The summed E-state index contributed by atoms with van der Waals surface area (Å²) in [6.45, 7) is 9.51. The van der Waals surface area contributed by atoms with Crippen molar-refractivity contribution in [3.8, 4) is 0 Å². The molecule has 1 heterocycles. The number of hydrogen-bond acceptors (Lipinski definition) is 3. The van der Waals surface area contributed by atoms with Gasteiger partial charge < -0.3 is 9.84 Å². The quantitative estimate of drug-likeness (QED) is 0.905. The first kappa shape index (κ1) is 16.8. The normalized spacial score (nSPS) is 19.8. The summed E-state index contributed by atoms with van der Waals surface area (Å²) in [5.74, 6) is 0.0835. The first-order valence-electron chi connectivity index (χ1n) is 7.99. The highest BCUT2D eigenvalue weighted by molar-refractivity contribution is 5.90. The largest absolute Gasteiger partial charge is 0.443 e. The minimum Gasteiger partial charge on any atom is -0.443 e. The number of hydrogen-bond donors (Lipinski definition) is 1. The molecule has 4 heteroatoms. The standard InChI is InChI=1S/C18H27NO3/c1-12(2)16(20)15-11-10-13-8-6-7-9-14(13)19(15)17(21)22-18(3,4)5/h6-9,12,15-16,20H,10-11H2,1-5H3. The van der Waals surface area contributed by atoms with Crippen molar-refractivity contribution in [3.05, 3.63) is 29.8 Å². The van der Waals surface area contributed by atoms with Crippen molar-refractivity contribution in [2.75, 3.05) is 4.90 Å². The third-order valence-electron chi connectivity index (χ3n) is 3.96.